The van der Waals surface area contributed by atoms with E-state index in [2.05, 4.69) is 5.32 Å². The van der Waals surface area contributed by atoms with Crippen molar-refractivity contribution in [1.82, 2.24) is 10.2 Å². The number of carbonyl (C=O) groups is 2. The van der Waals surface area contributed by atoms with Crippen LogP contribution in [0.1, 0.15) is 38.8 Å². The number of benzene rings is 4. The molecule has 248 valence electrons. The van der Waals surface area contributed by atoms with E-state index in [1.165, 1.54) is 17.0 Å². The van der Waals surface area contributed by atoms with Crippen LogP contribution in [0, 0.1) is 5.82 Å². The number of anilines is 1. The highest BCUT2D eigenvalue weighted by Crippen LogP contribution is 2.28. The summed E-state index contributed by atoms with van der Waals surface area (Å²) in [6.07, 6.45) is 0.159. The third kappa shape index (κ3) is 9.56. The third-order valence-corrected chi connectivity index (χ3v) is 9.34. The zero-order valence-corrected chi connectivity index (χ0v) is 28.4. The van der Waals surface area contributed by atoms with Gasteiger partial charge in [-0.25, -0.2) is 12.8 Å². The Kier molecular flexibility index (Phi) is 11.7. The average molecular weight is 680 g/mol. The highest BCUT2D eigenvalue weighted by molar-refractivity contribution is 7.92. The van der Waals surface area contributed by atoms with Crippen molar-refractivity contribution in [2.45, 2.75) is 57.1 Å². The zero-order valence-electron chi connectivity index (χ0n) is 26.8. The number of hydrogen-bond donors (Lipinski definition) is 1. The van der Waals surface area contributed by atoms with Crippen molar-refractivity contribution < 1.29 is 27.1 Å². The van der Waals surface area contributed by atoms with Gasteiger partial charge in [0, 0.05) is 23.5 Å². The summed E-state index contributed by atoms with van der Waals surface area (Å²) in [5, 5.41) is 3.38. The van der Waals surface area contributed by atoms with E-state index in [1.807, 2.05) is 58.0 Å². The first kappa shape index (κ1) is 35.4. The molecular formula is C36H39ClFN3O5S. The fourth-order valence-corrected chi connectivity index (χ4v) is 6.56. The molecule has 0 fully saturated rings. The Morgan fingerprint density at radius 2 is 1.51 bits per heavy atom. The molecule has 8 nitrogen and oxygen atoms in total. The molecule has 11 heteroatoms. The Hall–Kier alpha value is -4.41. The maximum Gasteiger partial charge on any atom is 0.264 e. The monoisotopic (exact) mass is 679 g/mol. The van der Waals surface area contributed by atoms with Gasteiger partial charge in [0.25, 0.3) is 10.0 Å². The van der Waals surface area contributed by atoms with Gasteiger partial charge in [-0.15, -0.1) is 0 Å². The Morgan fingerprint density at radius 1 is 0.894 bits per heavy atom. The Labute approximate surface area is 281 Å². The molecule has 0 aliphatic carbocycles. The second-order valence-electron chi connectivity index (χ2n) is 12.0. The Balaban J connectivity index is 1.82. The first-order valence-electron chi connectivity index (χ1n) is 15.2. The molecule has 4 rings (SSSR count). The Bertz CT molecular complexity index is 1760. The van der Waals surface area contributed by atoms with Gasteiger partial charge in [0.05, 0.1) is 17.2 Å². The van der Waals surface area contributed by atoms with E-state index in [9.17, 15) is 22.4 Å². The van der Waals surface area contributed by atoms with E-state index in [-0.39, 0.29) is 23.5 Å². The van der Waals surface area contributed by atoms with Crippen molar-refractivity contribution in [2.75, 3.05) is 17.5 Å². The van der Waals surface area contributed by atoms with Crippen molar-refractivity contribution in [3.8, 4) is 5.75 Å². The highest BCUT2D eigenvalue weighted by Gasteiger charge is 2.36. The van der Waals surface area contributed by atoms with Crippen LogP contribution >= 0.6 is 11.6 Å². The number of halogens is 2. The largest absolute Gasteiger partial charge is 0.494 e. The van der Waals surface area contributed by atoms with Crippen molar-refractivity contribution in [2.24, 2.45) is 0 Å². The molecule has 0 saturated heterocycles. The lowest BCUT2D eigenvalue weighted by molar-refractivity contribution is -0.140. The molecule has 0 heterocycles. The maximum absolute atomic E-state index is 14.6. The second kappa shape index (κ2) is 15.5. The molecule has 0 bridgehead atoms. The van der Waals surface area contributed by atoms with E-state index >= 15 is 0 Å². The van der Waals surface area contributed by atoms with Crippen LogP contribution in [0.2, 0.25) is 5.02 Å². The van der Waals surface area contributed by atoms with Gasteiger partial charge in [0.15, 0.2) is 0 Å². The summed E-state index contributed by atoms with van der Waals surface area (Å²) in [6.45, 7) is 7.03. The summed E-state index contributed by atoms with van der Waals surface area (Å²) in [6, 6.07) is 25.9. The third-order valence-electron chi connectivity index (χ3n) is 7.18. The van der Waals surface area contributed by atoms with Crippen LogP contribution in [0.3, 0.4) is 0 Å². The van der Waals surface area contributed by atoms with Gasteiger partial charge in [-0.1, -0.05) is 60.1 Å². The van der Waals surface area contributed by atoms with Crippen LogP contribution in [0.25, 0.3) is 0 Å². The summed E-state index contributed by atoms with van der Waals surface area (Å²) in [5.41, 5.74) is 0.951. The molecular weight excluding hydrogens is 641 g/mol. The predicted molar refractivity (Wildman–Crippen MR) is 182 cm³/mol. The molecule has 0 radical (unpaired) electrons. The minimum absolute atomic E-state index is 0.0682. The summed E-state index contributed by atoms with van der Waals surface area (Å²) in [7, 11) is -4.39. The van der Waals surface area contributed by atoms with Gasteiger partial charge in [-0.3, -0.25) is 13.9 Å². The van der Waals surface area contributed by atoms with Crippen LogP contribution in [-0.2, 0) is 32.6 Å². The van der Waals surface area contributed by atoms with Crippen molar-refractivity contribution in [3.63, 3.8) is 0 Å². The minimum Gasteiger partial charge on any atom is -0.494 e. The number of rotatable bonds is 13. The van der Waals surface area contributed by atoms with E-state index in [4.69, 9.17) is 16.3 Å². The molecule has 0 aromatic heterocycles. The van der Waals surface area contributed by atoms with Crippen molar-refractivity contribution >= 4 is 39.1 Å². The first-order valence-corrected chi connectivity index (χ1v) is 17.0. The number of carbonyl (C=O) groups excluding carboxylic acids is 2. The van der Waals surface area contributed by atoms with Crippen LogP contribution in [0.5, 0.6) is 5.75 Å². The molecule has 0 aliphatic rings. The second-order valence-corrected chi connectivity index (χ2v) is 14.2. The maximum atomic E-state index is 14.6. The molecule has 1 N–H and O–H groups in total. The lowest BCUT2D eigenvalue weighted by atomic mass is 10.0. The van der Waals surface area contributed by atoms with Crippen LogP contribution in [-0.4, -0.2) is 49.9 Å². The number of nitrogens with zero attached hydrogens (tertiary/aromatic N) is 2. The number of ether oxygens (including phenoxy) is 1. The lowest BCUT2D eigenvalue weighted by Gasteiger charge is -2.35. The SMILES string of the molecule is CCOc1ccc(N(CC(=O)N(Cc2ccccc2Cl)[C@@H](Cc2ccccc2)C(=O)NC(C)(C)C)S(=O)(=O)c2ccc(F)cc2)cc1. The standard InChI is InChI=1S/C36H39ClFN3O5S/c1-5-46-30-19-17-29(18-20-30)41(47(44,45)31-21-15-28(38)16-22-31)25-34(42)40(24-27-13-9-10-14-32(27)37)33(35(43)39-36(2,3)4)23-26-11-7-6-8-12-26/h6-22,33H,5,23-25H2,1-4H3,(H,39,43)/t33-/m0/s1. The topological polar surface area (TPSA) is 96.0 Å². The summed E-state index contributed by atoms with van der Waals surface area (Å²) in [5.74, 6) is -1.14. The van der Waals surface area contributed by atoms with Crippen LogP contribution < -0.4 is 14.4 Å². The molecule has 0 aliphatic heterocycles. The molecule has 2 amide bonds. The quantitative estimate of drug-likeness (QED) is 0.171. The zero-order chi connectivity index (χ0) is 34.2. The van der Waals surface area contributed by atoms with Gasteiger partial charge in [0.1, 0.15) is 24.2 Å². The van der Waals surface area contributed by atoms with Gasteiger partial charge >= 0.3 is 0 Å². The highest BCUT2D eigenvalue weighted by atomic mass is 35.5. The molecule has 47 heavy (non-hydrogen) atoms. The van der Waals surface area contributed by atoms with Gasteiger partial charge < -0.3 is 15.0 Å². The Morgan fingerprint density at radius 3 is 2.11 bits per heavy atom. The fraction of sp³-hybridized carbons (Fsp3) is 0.278. The number of sulfonamides is 1. The first-order chi connectivity index (χ1) is 22.3. The molecule has 1 atom stereocenters. The minimum atomic E-state index is -4.39. The fourth-order valence-electron chi connectivity index (χ4n) is 4.95. The summed E-state index contributed by atoms with van der Waals surface area (Å²) >= 11 is 6.54. The number of hydrogen-bond acceptors (Lipinski definition) is 5. The summed E-state index contributed by atoms with van der Waals surface area (Å²) < 4.78 is 48.5. The van der Waals surface area contributed by atoms with Crippen LogP contribution in [0.4, 0.5) is 10.1 Å². The van der Waals surface area contributed by atoms with Crippen molar-refractivity contribution in [3.05, 3.63) is 125 Å². The van der Waals surface area contributed by atoms with Crippen LogP contribution in [0.15, 0.2) is 108 Å². The van der Waals surface area contributed by atoms with Gasteiger partial charge in [0.2, 0.25) is 11.8 Å². The normalized spacial score (nSPS) is 12.2. The smallest absolute Gasteiger partial charge is 0.264 e. The molecule has 0 saturated carbocycles. The van der Waals surface area contributed by atoms with E-state index in [1.54, 1.807) is 36.4 Å². The number of nitrogens with one attached hydrogen (secondary N) is 1. The average Bonchev–Trinajstić information content (AvgIpc) is 3.02. The summed E-state index contributed by atoms with van der Waals surface area (Å²) in [4.78, 5) is 29.7. The van der Waals surface area contributed by atoms with E-state index in [0.717, 1.165) is 34.1 Å². The molecule has 4 aromatic rings. The van der Waals surface area contributed by atoms with Gasteiger partial charge in [-0.05, 0) is 93.4 Å². The predicted octanol–water partition coefficient (Wildman–Crippen LogP) is 6.63. The molecule has 0 unspecified atom stereocenters. The van der Waals surface area contributed by atoms with Gasteiger partial charge in [-0.2, -0.15) is 0 Å². The molecule has 0 spiro atoms. The van der Waals surface area contributed by atoms with E-state index in [0.29, 0.717) is 22.9 Å². The van der Waals surface area contributed by atoms with E-state index < -0.39 is 45.8 Å². The molecule has 4 aromatic carbocycles. The van der Waals surface area contributed by atoms with Crippen molar-refractivity contribution in [1.29, 1.82) is 0 Å². The number of amides is 2. The lowest BCUT2D eigenvalue weighted by Crippen LogP contribution is -2.56.